The Morgan fingerprint density at radius 1 is 1.10 bits per heavy atom. The lowest BCUT2D eigenvalue weighted by Gasteiger charge is -2.21. The van der Waals surface area contributed by atoms with Crippen molar-refractivity contribution in [2.45, 2.75) is 33.3 Å². The Morgan fingerprint density at radius 3 is 2.20 bits per heavy atom. The first-order valence-electron chi connectivity index (χ1n) is 6.31. The summed E-state index contributed by atoms with van der Waals surface area (Å²) in [6, 6.07) is 6.56. The molecule has 0 aromatic heterocycles. The van der Waals surface area contributed by atoms with Crippen LogP contribution in [0.3, 0.4) is 0 Å². The minimum absolute atomic E-state index is 0.263. The summed E-state index contributed by atoms with van der Waals surface area (Å²) < 4.78 is 10.5. The largest absolute Gasteiger partial charge is 0.497 e. The van der Waals surface area contributed by atoms with Gasteiger partial charge in [0, 0.05) is 0 Å². The van der Waals surface area contributed by atoms with Crippen molar-refractivity contribution >= 4 is 5.97 Å². The quantitative estimate of drug-likeness (QED) is 0.592. The van der Waals surface area contributed by atoms with E-state index in [9.17, 15) is 4.79 Å². The first-order chi connectivity index (χ1) is 9.31. The molecule has 0 aliphatic heterocycles. The maximum absolute atomic E-state index is 11.7. The minimum atomic E-state index is -0.567. The normalized spacial score (nSPS) is 11.5. The SMILES string of the molecule is COc1ccc(C(=O)OO[C](C)COC(C)(C)C)cc1. The summed E-state index contributed by atoms with van der Waals surface area (Å²) in [7, 11) is 1.56. The lowest BCUT2D eigenvalue weighted by molar-refractivity contribution is -0.242. The number of carbonyl (C=O) groups is 1. The van der Waals surface area contributed by atoms with E-state index in [1.807, 2.05) is 20.8 Å². The Hall–Kier alpha value is -1.59. The van der Waals surface area contributed by atoms with Gasteiger partial charge in [0.05, 0.1) is 24.9 Å². The summed E-state index contributed by atoms with van der Waals surface area (Å²) in [6.07, 6.45) is 0.474. The fourth-order valence-electron chi connectivity index (χ4n) is 1.23. The third-order valence-corrected chi connectivity index (χ3v) is 2.29. The van der Waals surface area contributed by atoms with E-state index in [4.69, 9.17) is 19.2 Å². The molecule has 0 aliphatic carbocycles. The molecule has 5 heteroatoms. The van der Waals surface area contributed by atoms with E-state index in [-0.39, 0.29) is 12.2 Å². The van der Waals surface area contributed by atoms with Crippen LogP contribution in [0.2, 0.25) is 0 Å². The number of hydrogen-bond donors (Lipinski definition) is 0. The Morgan fingerprint density at radius 2 is 1.70 bits per heavy atom. The fourth-order valence-corrected chi connectivity index (χ4v) is 1.23. The van der Waals surface area contributed by atoms with Crippen LogP contribution in [-0.4, -0.2) is 25.3 Å². The van der Waals surface area contributed by atoms with Crippen molar-refractivity contribution in [1.29, 1.82) is 0 Å². The molecule has 0 spiro atoms. The number of hydrogen-bond acceptors (Lipinski definition) is 5. The highest BCUT2D eigenvalue weighted by Gasteiger charge is 2.16. The molecule has 5 nitrogen and oxygen atoms in total. The van der Waals surface area contributed by atoms with Crippen LogP contribution < -0.4 is 4.74 Å². The second-order valence-corrected chi connectivity index (χ2v) is 5.29. The van der Waals surface area contributed by atoms with Gasteiger partial charge in [0.2, 0.25) is 0 Å². The van der Waals surface area contributed by atoms with Crippen molar-refractivity contribution in [3.63, 3.8) is 0 Å². The molecular formula is C15H21O5. The zero-order chi connectivity index (χ0) is 15.2. The van der Waals surface area contributed by atoms with Crippen LogP contribution in [-0.2, 0) is 14.5 Å². The highest BCUT2D eigenvalue weighted by atomic mass is 17.2. The maximum Gasteiger partial charge on any atom is 0.373 e. The van der Waals surface area contributed by atoms with Gasteiger partial charge in [0.1, 0.15) is 5.75 Å². The van der Waals surface area contributed by atoms with E-state index in [0.717, 1.165) is 0 Å². The molecule has 0 fully saturated rings. The predicted octanol–water partition coefficient (Wildman–Crippen LogP) is 3.15. The average molecular weight is 281 g/mol. The molecule has 0 atom stereocenters. The summed E-state index contributed by atoms with van der Waals surface area (Å²) >= 11 is 0. The summed E-state index contributed by atoms with van der Waals surface area (Å²) in [4.78, 5) is 21.4. The van der Waals surface area contributed by atoms with Crippen LogP contribution >= 0.6 is 0 Å². The zero-order valence-corrected chi connectivity index (χ0v) is 12.6. The third kappa shape index (κ3) is 6.04. The third-order valence-electron chi connectivity index (χ3n) is 2.29. The number of ether oxygens (including phenoxy) is 2. The zero-order valence-electron chi connectivity index (χ0n) is 12.6. The molecule has 1 rings (SSSR count). The van der Waals surface area contributed by atoms with Crippen LogP contribution in [0.25, 0.3) is 0 Å². The fraction of sp³-hybridized carbons (Fsp3) is 0.467. The van der Waals surface area contributed by atoms with Crippen molar-refractivity contribution in [2.24, 2.45) is 0 Å². The molecule has 1 aromatic carbocycles. The molecule has 0 N–H and O–H groups in total. The van der Waals surface area contributed by atoms with Crippen molar-refractivity contribution in [3.8, 4) is 5.75 Å². The summed E-state index contributed by atoms with van der Waals surface area (Å²) in [6.45, 7) is 7.75. The van der Waals surface area contributed by atoms with Gasteiger partial charge >= 0.3 is 5.97 Å². The number of carbonyl (C=O) groups excluding carboxylic acids is 1. The highest BCUT2D eigenvalue weighted by molar-refractivity contribution is 5.89. The molecule has 1 radical (unpaired) electrons. The summed E-state index contributed by atoms with van der Waals surface area (Å²) in [5.74, 6) is 0.103. The Bertz CT molecular complexity index is 419. The number of methoxy groups -OCH3 is 1. The van der Waals surface area contributed by atoms with Gasteiger partial charge < -0.3 is 9.47 Å². The van der Waals surface area contributed by atoms with Crippen molar-refractivity contribution < 1.29 is 24.0 Å². The van der Waals surface area contributed by atoms with E-state index < -0.39 is 5.97 Å². The molecule has 0 amide bonds. The first kappa shape index (κ1) is 16.5. The van der Waals surface area contributed by atoms with E-state index >= 15 is 0 Å². The average Bonchev–Trinajstić information content (AvgIpc) is 2.41. The van der Waals surface area contributed by atoms with Gasteiger partial charge in [0.15, 0.2) is 6.10 Å². The van der Waals surface area contributed by atoms with Gasteiger partial charge in [0.25, 0.3) is 0 Å². The Labute approximate surface area is 119 Å². The van der Waals surface area contributed by atoms with Gasteiger partial charge in [-0.15, -0.1) is 0 Å². The van der Waals surface area contributed by atoms with Crippen LogP contribution in [0.5, 0.6) is 5.75 Å². The molecule has 20 heavy (non-hydrogen) atoms. The molecule has 0 unspecified atom stereocenters. The molecular weight excluding hydrogens is 260 g/mol. The molecule has 0 aliphatic rings. The maximum atomic E-state index is 11.7. The second-order valence-electron chi connectivity index (χ2n) is 5.29. The van der Waals surface area contributed by atoms with Crippen LogP contribution in [0.1, 0.15) is 38.1 Å². The summed E-state index contributed by atoms with van der Waals surface area (Å²) in [5, 5.41) is 0. The molecule has 0 bridgehead atoms. The monoisotopic (exact) mass is 281 g/mol. The molecule has 0 saturated heterocycles. The Balaban J connectivity index is 2.38. The van der Waals surface area contributed by atoms with Gasteiger partial charge in [-0.1, -0.05) is 0 Å². The lowest BCUT2D eigenvalue weighted by Crippen LogP contribution is -2.23. The van der Waals surface area contributed by atoms with Crippen molar-refractivity contribution in [1.82, 2.24) is 0 Å². The van der Waals surface area contributed by atoms with Gasteiger partial charge in [-0.25, -0.2) is 4.79 Å². The van der Waals surface area contributed by atoms with Gasteiger partial charge in [-0.3, -0.25) is 4.89 Å². The van der Waals surface area contributed by atoms with E-state index in [1.54, 1.807) is 38.3 Å². The van der Waals surface area contributed by atoms with Gasteiger partial charge in [-0.2, -0.15) is 4.89 Å². The number of rotatable bonds is 6. The summed E-state index contributed by atoms with van der Waals surface area (Å²) in [5.41, 5.74) is 0.111. The molecule has 0 heterocycles. The molecule has 1 aromatic rings. The Kier molecular flexibility index (Phi) is 5.98. The van der Waals surface area contributed by atoms with E-state index in [2.05, 4.69) is 0 Å². The van der Waals surface area contributed by atoms with Gasteiger partial charge in [-0.05, 0) is 52.0 Å². The van der Waals surface area contributed by atoms with E-state index in [0.29, 0.717) is 17.4 Å². The van der Waals surface area contributed by atoms with E-state index in [1.165, 1.54) is 0 Å². The molecule has 0 saturated carbocycles. The van der Waals surface area contributed by atoms with Crippen molar-refractivity contribution in [3.05, 3.63) is 35.9 Å². The van der Waals surface area contributed by atoms with Crippen LogP contribution in [0.15, 0.2) is 24.3 Å². The number of benzene rings is 1. The molecule has 111 valence electrons. The van der Waals surface area contributed by atoms with Crippen LogP contribution in [0.4, 0.5) is 0 Å². The predicted molar refractivity (Wildman–Crippen MR) is 74.1 cm³/mol. The second kappa shape index (κ2) is 7.26. The van der Waals surface area contributed by atoms with Crippen LogP contribution in [0, 0.1) is 6.10 Å². The highest BCUT2D eigenvalue weighted by Crippen LogP contribution is 2.14. The topological polar surface area (TPSA) is 54.0 Å². The minimum Gasteiger partial charge on any atom is -0.497 e. The standard InChI is InChI=1S/C15H21O5/c1-11(10-18-15(2,3)4)19-20-14(16)12-6-8-13(17-5)9-7-12/h6-9H,10H2,1-5H3. The first-order valence-corrected chi connectivity index (χ1v) is 6.31. The lowest BCUT2D eigenvalue weighted by atomic mass is 10.2. The van der Waals surface area contributed by atoms with Crippen molar-refractivity contribution in [2.75, 3.05) is 13.7 Å². The smallest absolute Gasteiger partial charge is 0.373 e.